The predicted octanol–water partition coefficient (Wildman–Crippen LogP) is 5.93. The Morgan fingerprint density at radius 3 is 2.42 bits per heavy atom. The molecule has 196 valence electrons. The minimum atomic E-state index is -0.493. The molecule has 38 heavy (non-hydrogen) atoms. The lowest BCUT2D eigenvalue weighted by Gasteiger charge is -2.17. The number of rotatable bonds is 9. The number of nitrogens with one attached hydrogen (secondary N) is 1. The molecule has 0 saturated carbocycles. The highest BCUT2D eigenvalue weighted by atomic mass is 35.5. The first kappa shape index (κ1) is 27.6. The first-order valence-electron chi connectivity index (χ1n) is 12.4. The zero-order chi connectivity index (χ0) is 27.3. The molecule has 0 bridgehead atoms. The lowest BCUT2D eigenvalue weighted by Crippen LogP contribution is -2.27. The van der Waals surface area contributed by atoms with Gasteiger partial charge in [0.2, 0.25) is 0 Å². The SMILES string of the molecule is CC(C)(C)C(=O)CSc1nc2cc(C(=O)NCc3cccc(Cl)c3)ccc2c(=O)n1CCc1ccccc1. The topological polar surface area (TPSA) is 81.1 Å². The molecular weight excluding hydrogens is 518 g/mol. The molecule has 0 spiro atoms. The van der Waals surface area contributed by atoms with Gasteiger partial charge in [0.1, 0.15) is 5.78 Å². The number of carbonyl (C=O) groups is 2. The van der Waals surface area contributed by atoms with Gasteiger partial charge in [0, 0.05) is 29.1 Å². The number of benzene rings is 3. The van der Waals surface area contributed by atoms with Gasteiger partial charge in [-0.15, -0.1) is 0 Å². The van der Waals surface area contributed by atoms with Gasteiger partial charge < -0.3 is 5.32 Å². The molecule has 3 aromatic carbocycles. The van der Waals surface area contributed by atoms with Crippen molar-refractivity contribution in [2.24, 2.45) is 5.41 Å². The van der Waals surface area contributed by atoms with Crippen molar-refractivity contribution in [1.82, 2.24) is 14.9 Å². The first-order chi connectivity index (χ1) is 18.1. The van der Waals surface area contributed by atoms with Gasteiger partial charge in [-0.2, -0.15) is 0 Å². The van der Waals surface area contributed by atoms with E-state index in [2.05, 4.69) is 5.32 Å². The minimum Gasteiger partial charge on any atom is -0.348 e. The van der Waals surface area contributed by atoms with Crippen LogP contribution in [0.4, 0.5) is 0 Å². The normalized spacial score (nSPS) is 11.5. The number of amides is 1. The zero-order valence-electron chi connectivity index (χ0n) is 21.7. The van der Waals surface area contributed by atoms with Gasteiger partial charge in [-0.1, -0.05) is 86.6 Å². The number of aryl methyl sites for hydroxylation is 1. The summed E-state index contributed by atoms with van der Waals surface area (Å²) in [6.07, 6.45) is 0.651. The molecular formula is C30H30ClN3O3S. The number of Topliss-reactive ketones (excluding diaryl/α,β-unsaturated/α-hetero) is 1. The Labute approximate surface area is 231 Å². The average Bonchev–Trinajstić information content (AvgIpc) is 2.89. The fraction of sp³-hybridized carbons (Fsp3) is 0.267. The van der Waals surface area contributed by atoms with Crippen LogP contribution in [0.1, 0.15) is 42.3 Å². The molecule has 0 aliphatic rings. The number of ketones is 1. The van der Waals surface area contributed by atoms with Crippen molar-refractivity contribution in [1.29, 1.82) is 0 Å². The van der Waals surface area contributed by atoms with Gasteiger partial charge in [0.15, 0.2) is 5.16 Å². The Morgan fingerprint density at radius 2 is 1.71 bits per heavy atom. The fourth-order valence-electron chi connectivity index (χ4n) is 3.81. The van der Waals surface area contributed by atoms with Crippen molar-refractivity contribution in [2.75, 3.05) is 5.75 Å². The Morgan fingerprint density at radius 1 is 0.974 bits per heavy atom. The van der Waals surface area contributed by atoms with E-state index in [9.17, 15) is 14.4 Å². The van der Waals surface area contributed by atoms with Gasteiger partial charge in [-0.25, -0.2) is 4.98 Å². The fourth-order valence-corrected chi connectivity index (χ4v) is 5.21. The van der Waals surface area contributed by atoms with Crippen molar-refractivity contribution < 1.29 is 9.59 Å². The summed E-state index contributed by atoms with van der Waals surface area (Å²) in [6, 6.07) is 22.1. The van der Waals surface area contributed by atoms with E-state index in [4.69, 9.17) is 16.6 Å². The van der Waals surface area contributed by atoms with E-state index in [-0.39, 0.29) is 23.0 Å². The molecule has 0 unspecified atom stereocenters. The van der Waals surface area contributed by atoms with Crippen molar-refractivity contribution >= 4 is 46.0 Å². The maximum Gasteiger partial charge on any atom is 0.262 e. The Balaban J connectivity index is 1.63. The molecule has 1 N–H and O–H groups in total. The molecule has 0 fully saturated rings. The molecule has 1 aromatic heterocycles. The smallest absolute Gasteiger partial charge is 0.262 e. The number of fused-ring (bicyclic) bond motifs is 1. The van der Waals surface area contributed by atoms with Gasteiger partial charge in [0.25, 0.3) is 11.5 Å². The lowest BCUT2D eigenvalue weighted by molar-refractivity contribution is -0.123. The second-order valence-corrected chi connectivity index (χ2v) is 11.5. The zero-order valence-corrected chi connectivity index (χ0v) is 23.2. The third-order valence-corrected chi connectivity index (χ3v) is 7.37. The van der Waals surface area contributed by atoms with Crippen molar-refractivity contribution in [3.8, 4) is 0 Å². The number of thioether (sulfide) groups is 1. The van der Waals surface area contributed by atoms with Crippen LogP contribution in [0.3, 0.4) is 0 Å². The van der Waals surface area contributed by atoms with Crippen molar-refractivity contribution in [2.45, 2.75) is 45.4 Å². The van der Waals surface area contributed by atoms with Crippen LogP contribution >= 0.6 is 23.4 Å². The molecule has 0 radical (unpaired) electrons. The summed E-state index contributed by atoms with van der Waals surface area (Å²) in [5.41, 5.74) is 2.12. The van der Waals surface area contributed by atoms with E-state index in [1.165, 1.54) is 11.8 Å². The second-order valence-electron chi connectivity index (χ2n) is 10.1. The van der Waals surface area contributed by atoms with Crippen LogP contribution in [0.2, 0.25) is 5.02 Å². The van der Waals surface area contributed by atoms with E-state index in [0.717, 1.165) is 11.1 Å². The second kappa shape index (κ2) is 12.0. The predicted molar refractivity (Wildman–Crippen MR) is 154 cm³/mol. The molecule has 4 aromatic rings. The molecule has 0 atom stereocenters. The Bertz CT molecular complexity index is 1530. The highest BCUT2D eigenvalue weighted by Gasteiger charge is 2.22. The minimum absolute atomic E-state index is 0.0700. The van der Waals surface area contributed by atoms with E-state index < -0.39 is 5.41 Å². The summed E-state index contributed by atoms with van der Waals surface area (Å²) in [5.74, 6) is -0.00767. The van der Waals surface area contributed by atoms with Crippen LogP contribution < -0.4 is 10.9 Å². The first-order valence-corrected chi connectivity index (χ1v) is 13.8. The molecule has 1 amide bonds. The molecule has 1 heterocycles. The summed E-state index contributed by atoms with van der Waals surface area (Å²) >= 11 is 7.30. The molecule has 8 heteroatoms. The maximum absolute atomic E-state index is 13.5. The number of nitrogens with zero attached hydrogens (tertiary/aromatic N) is 2. The highest BCUT2D eigenvalue weighted by Crippen LogP contribution is 2.24. The standard InChI is InChI=1S/C30H30ClN3O3S/c1-30(2,3)26(35)19-38-29-33-25-17-22(27(36)32-18-21-10-7-11-23(31)16-21)12-13-24(25)28(37)34(29)15-14-20-8-5-4-6-9-20/h4-13,16-17H,14-15,18-19H2,1-3H3,(H,32,36). The number of aromatic nitrogens is 2. The van der Waals surface area contributed by atoms with E-state index in [1.807, 2.05) is 63.2 Å². The summed E-state index contributed by atoms with van der Waals surface area (Å²) in [5, 5.41) is 4.38. The molecule has 0 saturated heterocycles. The highest BCUT2D eigenvalue weighted by molar-refractivity contribution is 7.99. The third-order valence-electron chi connectivity index (χ3n) is 6.16. The van der Waals surface area contributed by atoms with Crippen molar-refractivity contribution in [3.05, 3.63) is 105 Å². The Kier molecular flexibility index (Phi) is 8.69. The summed E-state index contributed by atoms with van der Waals surface area (Å²) in [6.45, 7) is 6.38. The van der Waals surface area contributed by atoms with E-state index in [0.29, 0.717) is 46.2 Å². The van der Waals surface area contributed by atoms with Gasteiger partial charge in [-0.05, 0) is 47.9 Å². The van der Waals surface area contributed by atoms with E-state index in [1.54, 1.807) is 34.9 Å². The number of hydrogen-bond acceptors (Lipinski definition) is 5. The summed E-state index contributed by atoms with van der Waals surface area (Å²) in [4.78, 5) is 43.8. The van der Waals surface area contributed by atoms with E-state index >= 15 is 0 Å². The number of halogens is 1. The third kappa shape index (κ3) is 6.91. The molecule has 0 aliphatic carbocycles. The summed E-state index contributed by atoms with van der Waals surface area (Å²) in [7, 11) is 0. The van der Waals surface area contributed by atoms with Crippen LogP contribution in [0, 0.1) is 5.41 Å². The lowest BCUT2D eigenvalue weighted by atomic mass is 9.92. The van der Waals surface area contributed by atoms with Crippen LogP contribution in [-0.4, -0.2) is 27.0 Å². The number of carbonyl (C=O) groups excluding carboxylic acids is 2. The van der Waals surface area contributed by atoms with Gasteiger partial charge >= 0.3 is 0 Å². The number of hydrogen-bond donors (Lipinski definition) is 1. The van der Waals surface area contributed by atoms with Crippen LogP contribution in [0.25, 0.3) is 10.9 Å². The molecule has 4 rings (SSSR count). The van der Waals surface area contributed by atoms with Crippen LogP contribution in [0.15, 0.2) is 82.7 Å². The Hall–Kier alpha value is -3.42. The largest absolute Gasteiger partial charge is 0.348 e. The molecule has 0 aliphatic heterocycles. The average molecular weight is 548 g/mol. The van der Waals surface area contributed by atoms with Crippen molar-refractivity contribution in [3.63, 3.8) is 0 Å². The van der Waals surface area contributed by atoms with Gasteiger partial charge in [0.05, 0.1) is 16.7 Å². The summed E-state index contributed by atoms with van der Waals surface area (Å²) < 4.78 is 1.63. The quantitative estimate of drug-likeness (QED) is 0.207. The van der Waals surface area contributed by atoms with Crippen LogP contribution in [-0.2, 0) is 24.3 Å². The monoisotopic (exact) mass is 547 g/mol. The van der Waals surface area contributed by atoms with Gasteiger partial charge in [-0.3, -0.25) is 19.0 Å². The maximum atomic E-state index is 13.5. The molecule has 6 nitrogen and oxygen atoms in total. The van der Waals surface area contributed by atoms with Crippen LogP contribution in [0.5, 0.6) is 0 Å².